The highest BCUT2D eigenvalue weighted by Crippen LogP contribution is 2.36. The number of ether oxygens (including phenoxy) is 3. The van der Waals surface area contributed by atoms with Gasteiger partial charge < -0.3 is 23.7 Å². The van der Waals surface area contributed by atoms with Gasteiger partial charge in [0.1, 0.15) is 24.5 Å². The molecule has 0 atom stereocenters. The second-order valence-electron chi connectivity index (χ2n) is 10.8. The lowest BCUT2D eigenvalue weighted by Gasteiger charge is -2.30. The minimum atomic E-state index is -0.614. The summed E-state index contributed by atoms with van der Waals surface area (Å²) in [6, 6.07) is 5.96. The summed E-state index contributed by atoms with van der Waals surface area (Å²) in [5, 5.41) is 0.925. The maximum absolute atomic E-state index is 14.1. The van der Waals surface area contributed by atoms with Gasteiger partial charge in [0.2, 0.25) is 11.8 Å². The monoisotopic (exact) mass is 531 g/mol. The molecule has 3 aromatic heterocycles. The van der Waals surface area contributed by atoms with E-state index in [4.69, 9.17) is 19.2 Å². The molecule has 0 spiro atoms. The largest absolute Gasteiger partial charge is 0.474 e. The highest BCUT2D eigenvalue weighted by atomic mass is 32.3. The number of anilines is 1. The van der Waals surface area contributed by atoms with Gasteiger partial charge >= 0.3 is 0 Å². The van der Waals surface area contributed by atoms with E-state index >= 15 is 0 Å². The van der Waals surface area contributed by atoms with Crippen LogP contribution in [0.3, 0.4) is 0 Å². The lowest BCUT2D eigenvalue weighted by Crippen LogP contribution is -2.36. The third-order valence-corrected chi connectivity index (χ3v) is 8.44. The zero-order chi connectivity index (χ0) is 25.8. The van der Waals surface area contributed by atoms with Gasteiger partial charge in [0, 0.05) is 37.0 Å². The topological polar surface area (TPSA) is 74.5 Å². The van der Waals surface area contributed by atoms with Crippen LogP contribution in [-0.4, -0.2) is 83.1 Å². The van der Waals surface area contributed by atoms with Crippen LogP contribution in [0.1, 0.15) is 37.4 Å². The van der Waals surface area contributed by atoms with Crippen LogP contribution in [0.4, 0.5) is 10.2 Å². The predicted octanol–water partition coefficient (Wildman–Crippen LogP) is 4.58. The van der Waals surface area contributed by atoms with E-state index in [0.29, 0.717) is 32.4 Å². The Labute approximate surface area is 219 Å². The van der Waals surface area contributed by atoms with Crippen molar-refractivity contribution in [1.29, 1.82) is 0 Å². The Morgan fingerprint density at radius 2 is 1.89 bits per heavy atom. The van der Waals surface area contributed by atoms with E-state index in [1.165, 1.54) is 6.20 Å². The number of imidazole rings is 1. The summed E-state index contributed by atoms with van der Waals surface area (Å²) < 4.78 is 33.8. The fraction of sp³-hybridized carbons (Fsp3) is 0.593. The molecule has 4 heterocycles. The van der Waals surface area contributed by atoms with E-state index in [1.54, 1.807) is 6.20 Å². The maximum atomic E-state index is 14.1. The molecule has 2 fully saturated rings. The first-order valence-corrected chi connectivity index (χ1v) is 16.1. The van der Waals surface area contributed by atoms with Crippen LogP contribution in [0.15, 0.2) is 30.6 Å². The molecule has 0 unspecified atom stereocenters. The number of pyridine rings is 2. The van der Waals surface area contributed by atoms with Gasteiger partial charge in [0.15, 0.2) is 0 Å². The average molecular weight is 532 g/mol. The number of hydrogen-bond acceptors (Lipinski definition) is 7. The molecule has 1 aliphatic heterocycles. The molecule has 37 heavy (non-hydrogen) atoms. The summed E-state index contributed by atoms with van der Waals surface area (Å²) in [5.74, 6) is 3.07. The number of aromatic nitrogens is 4. The minimum absolute atomic E-state index is 0.0476. The zero-order valence-corrected chi connectivity index (χ0v) is 22.9. The van der Waals surface area contributed by atoms with Gasteiger partial charge in [-0.15, -0.1) is 0 Å². The van der Waals surface area contributed by atoms with Gasteiger partial charge in [-0.05, 0) is 56.6 Å². The zero-order valence-electron chi connectivity index (χ0n) is 22.1. The maximum Gasteiger partial charge on any atom is 0.231 e. The molecule has 0 N–H and O–H groups in total. The van der Waals surface area contributed by atoms with Gasteiger partial charge in [-0.2, -0.15) is 9.37 Å². The SMILES string of the molecule is CS(C)(C)CCOCn1cc(F)nc1C1CCC(Oc2nc(N3CCOCC3)cc3ncccc23)CC1. The van der Waals surface area contributed by atoms with Crippen LogP contribution in [-0.2, 0) is 16.2 Å². The van der Waals surface area contributed by atoms with Crippen molar-refractivity contribution in [2.75, 3.05) is 62.3 Å². The molecule has 1 aliphatic carbocycles. The smallest absolute Gasteiger partial charge is 0.231 e. The van der Waals surface area contributed by atoms with Crippen molar-refractivity contribution in [3.63, 3.8) is 0 Å². The molecule has 202 valence electrons. The van der Waals surface area contributed by atoms with E-state index in [9.17, 15) is 4.39 Å². The van der Waals surface area contributed by atoms with Gasteiger partial charge in [-0.3, -0.25) is 4.98 Å². The van der Waals surface area contributed by atoms with Crippen LogP contribution in [0.2, 0.25) is 0 Å². The molecular formula is C27H38FN5O3S. The standard InChI is InChI=1S/C27H38FN5O3S/c1-37(2,3)16-15-35-19-33-18-24(28)30-26(33)20-6-8-21(9-7-20)36-27-22-5-4-10-29-23(22)17-25(31-27)32-11-13-34-14-12-32/h4-5,10,17-18,20-21H,6-9,11-16,19H2,1-3H3. The summed E-state index contributed by atoms with van der Waals surface area (Å²) in [5.41, 5.74) is 0.883. The molecule has 5 rings (SSSR count). The van der Waals surface area contributed by atoms with Crippen LogP contribution in [0.5, 0.6) is 5.88 Å². The molecule has 3 aromatic rings. The molecule has 10 heteroatoms. The van der Waals surface area contributed by atoms with Crippen molar-refractivity contribution in [1.82, 2.24) is 19.5 Å². The summed E-state index contributed by atoms with van der Waals surface area (Å²) in [6.07, 6.45) is 13.6. The first-order chi connectivity index (χ1) is 17.9. The van der Waals surface area contributed by atoms with Crippen LogP contribution in [0.25, 0.3) is 10.9 Å². The Morgan fingerprint density at radius 3 is 2.65 bits per heavy atom. The average Bonchev–Trinajstić information content (AvgIpc) is 3.27. The lowest BCUT2D eigenvalue weighted by molar-refractivity contribution is 0.0841. The second kappa shape index (κ2) is 11.5. The third-order valence-electron chi connectivity index (χ3n) is 7.05. The Hall–Kier alpha value is -2.43. The van der Waals surface area contributed by atoms with Crippen molar-refractivity contribution in [2.24, 2.45) is 0 Å². The Balaban J connectivity index is 1.23. The summed E-state index contributed by atoms with van der Waals surface area (Å²) in [4.78, 5) is 15.9. The predicted molar refractivity (Wildman–Crippen MR) is 147 cm³/mol. The highest BCUT2D eigenvalue weighted by molar-refractivity contribution is 8.32. The number of fused-ring (bicyclic) bond motifs is 1. The van der Waals surface area contributed by atoms with Crippen molar-refractivity contribution >= 4 is 26.7 Å². The van der Waals surface area contributed by atoms with Gasteiger partial charge in [0.05, 0.1) is 36.9 Å². The van der Waals surface area contributed by atoms with Crippen molar-refractivity contribution in [2.45, 2.75) is 44.4 Å². The third kappa shape index (κ3) is 6.72. The van der Waals surface area contributed by atoms with E-state index in [1.807, 2.05) is 22.8 Å². The highest BCUT2D eigenvalue weighted by Gasteiger charge is 2.28. The van der Waals surface area contributed by atoms with Crippen molar-refractivity contribution in [3.8, 4) is 5.88 Å². The summed E-state index contributed by atoms with van der Waals surface area (Å²) >= 11 is 0. The number of nitrogens with zero attached hydrogens (tertiary/aromatic N) is 5. The number of halogens is 1. The van der Waals surface area contributed by atoms with Crippen molar-refractivity contribution < 1.29 is 18.6 Å². The van der Waals surface area contributed by atoms with E-state index in [-0.39, 0.29) is 12.0 Å². The molecule has 0 bridgehead atoms. The number of rotatable bonds is 9. The van der Waals surface area contributed by atoms with Crippen LogP contribution in [0, 0.1) is 5.95 Å². The quantitative estimate of drug-likeness (QED) is 0.374. The Bertz CT molecular complexity index is 1190. The molecule has 8 nitrogen and oxygen atoms in total. The molecule has 0 radical (unpaired) electrons. The number of morpholine rings is 1. The minimum Gasteiger partial charge on any atom is -0.474 e. The van der Waals surface area contributed by atoms with Gasteiger partial charge in [-0.25, -0.2) is 15.0 Å². The first-order valence-electron chi connectivity index (χ1n) is 13.1. The van der Waals surface area contributed by atoms with Crippen LogP contribution < -0.4 is 9.64 Å². The van der Waals surface area contributed by atoms with Gasteiger partial charge in [0.25, 0.3) is 0 Å². The van der Waals surface area contributed by atoms with Gasteiger partial charge in [-0.1, -0.05) is 0 Å². The van der Waals surface area contributed by atoms with E-state index in [0.717, 1.165) is 67.1 Å². The molecule has 1 saturated heterocycles. The molecule has 2 aliphatic rings. The normalized spacial score (nSPS) is 21.4. The number of hydrogen-bond donors (Lipinski definition) is 0. The fourth-order valence-corrected chi connectivity index (χ4v) is 5.59. The molecule has 1 saturated carbocycles. The summed E-state index contributed by atoms with van der Waals surface area (Å²) in [7, 11) is -0.614. The van der Waals surface area contributed by atoms with Crippen molar-refractivity contribution in [3.05, 3.63) is 42.4 Å². The molecule has 0 aromatic carbocycles. The van der Waals surface area contributed by atoms with E-state index < -0.39 is 16.0 Å². The van der Waals surface area contributed by atoms with Crippen LogP contribution >= 0.6 is 10.0 Å². The Morgan fingerprint density at radius 1 is 1.11 bits per heavy atom. The fourth-order valence-electron chi connectivity index (χ4n) is 4.97. The molecule has 0 amide bonds. The van der Waals surface area contributed by atoms with E-state index in [2.05, 4.69) is 33.6 Å². The first kappa shape index (κ1) is 26.2. The molecular weight excluding hydrogens is 493 g/mol. The Kier molecular flexibility index (Phi) is 8.16. The second-order valence-corrected chi connectivity index (χ2v) is 15.4. The summed E-state index contributed by atoms with van der Waals surface area (Å²) in [6.45, 7) is 4.02. The lowest BCUT2D eigenvalue weighted by atomic mass is 9.86.